The maximum atomic E-state index is 13.7. The molecule has 1 saturated heterocycles. The average molecular weight is 650 g/mol. The summed E-state index contributed by atoms with van der Waals surface area (Å²) in [7, 11) is 1.52. The Morgan fingerprint density at radius 2 is 1.73 bits per heavy atom. The number of carbonyl (C=O) groups excluding carboxylic acids is 1. The van der Waals surface area contributed by atoms with E-state index in [-0.39, 0.29) is 30.8 Å². The van der Waals surface area contributed by atoms with Crippen LogP contribution in [0.5, 0.6) is 6.01 Å². The molecule has 1 aliphatic carbocycles. The fraction of sp³-hybridized carbons (Fsp3) is 0.400. The first kappa shape index (κ1) is 32.6. The van der Waals surface area contributed by atoms with Gasteiger partial charge in [-0.1, -0.05) is 30.3 Å². The summed E-state index contributed by atoms with van der Waals surface area (Å²) in [6.45, 7) is 1.52. The zero-order valence-electron chi connectivity index (χ0n) is 26.9. The Kier molecular flexibility index (Phi) is 10.5. The molecule has 3 aromatic heterocycles. The number of hydrogen-bond donors (Lipinski definition) is 2. The Labute approximate surface area is 279 Å². The molecule has 13 nitrogen and oxygen atoms in total. The van der Waals surface area contributed by atoms with Gasteiger partial charge in [0, 0.05) is 54.9 Å². The lowest BCUT2D eigenvalue weighted by Crippen LogP contribution is -2.45. The van der Waals surface area contributed by atoms with Gasteiger partial charge in [-0.05, 0) is 62.6 Å². The standard InChI is InChI=1S/C35H39N9O4/c1-47-34-39-21-27(22-40-34)25-9-14-31(37-19-25)44(35(46)48-23-24-6-3-2-4-7-24)29-12-10-28(11-13-29)41-33-38-20-26(18-36)32(42-33)43-16-5-8-30(45)15-17-43/h2-4,6-7,9,14,19-22,28-30,45H,5,8,10-13,15-17,23H2,1H3,(H,38,41,42)/t28-,29-,30?. The van der Waals surface area contributed by atoms with Gasteiger partial charge in [0.05, 0.1) is 19.4 Å². The molecule has 1 atom stereocenters. The van der Waals surface area contributed by atoms with E-state index in [2.05, 4.69) is 36.2 Å². The lowest BCUT2D eigenvalue weighted by Gasteiger charge is -2.36. The van der Waals surface area contributed by atoms with Gasteiger partial charge in [0.1, 0.15) is 24.1 Å². The van der Waals surface area contributed by atoms with Crippen molar-refractivity contribution < 1.29 is 19.4 Å². The highest BCUT2D eigenvalue weighted by Gasteiger charge is 2.32. The van der Waals surface area contributed by atoms with Gasteiger partial charge in [0.25, 0.3) is 0 Å². The molecular weight excluding hydrogens is 610 g/mol. The number of benzene rings is 1. The Balaban J connectivity index is 1.15. The maximum Gasteiger partial charge on any atom is 0.416 e. The minimum absolute atomic E-state index is 0.0839. The van der Waals surface area contributed by atoms with E-state index in [1.165, 1.54) is 7.11 Å². The van der Waals surface area contributed by atoms with Crippen molar-refractivity contribution >= 4 is 23.7 Å². The third-order valence-electron chi connectivity index (χ3n) is 8.82. The van der Waals surface area contributed by atoms with Crippen LogP contribution in [0.1, 0.15) is 56.1 Å². The van der Waals surface area contributed by atoms with Crippen molar-refractivity contribution in [2.75, 3.05) is 35.3 Å². The highest BCUT2D eigenvalue weighted by molar-refractivity contribution is 5.87. The molecule has 2 aliphatic rings. The highest BCUT2D eigenvalue weighted by atomic mass is 16.6. The number of aliphatic hydroxyl groups excluding tert-OH is 1. The Morgan fingerprint density at radius 3 is 2.44 bits per heavy atom. The second kappa shape index (κ2) is 15.5. The van der Waals surface area contributed by atoms with Crippen molar-refractivity contribution in [1.82, 2.24) is 24.9 Å². The second-order valence-electron chi connectivity index (χ2n) is 12.0. The first-order valence-corrected chi connectivity index (χ1v) is 16.3. The number of ether oxygens (including phenoxy) is 2. The van der Waals surface area contributed by atoms with E-state index in [4.69, 9.17) is 14.5 Å². The number of nitriles is 1. The van der Waals surface area contributed by atoms with Crippen LogP contribution >= 0.6 is 0 Å². The van der Waals surface area contributed by atoms with E-state index in [1.54, 1.807) is 29.7 Å². The van der Waals surface area contributed by atoms with Crippen LogP contribution in [0.15, 0.2) is 67.3 Å². The molecule has 4 heterocycles. The molecule has 0 spiro atoms. The van der Waals surface area contributed by atoms with Crippen LogP contribution in [-0.2, 0) is 11.3 Å². The summed E-state index contributed by atoms with van der Waals surface area (Å²) in [4.78, 5) is 39.6. The summed E-state index contributed by atoms with van der Waals surface area (Å²) < 4.78 is 10.9. The number of rotatable bonds is 9. The number of aliphatic hydroxyl groups is 1. The molecule has 48 heavy (non-hydrogen) atoms. The quantitative estimate of drug-likeness (QED) is 0.246. The van der Waals surface area contributed by atoms with Crippen LogP contribution in [0.4, 0.5) is 22.4 Å². The Bertz CT molecular complexity index is 1690. The van der Waals surface area contributed by atoms with Gasteiger partial charge in [-0.2, -0.15) is 10.2 Å². The molecular formula is C35H39N9O4. The van der Waals surface area contributed by atoms with Crippen molar-refractivity contribution in [2.45, 2.75) is 69.7 Å². The molecule has 0 radical (unpaired) electrons. The fourth-order valence-corrected chi connectivity index (χ4v) is 6.20. The van der Waals surface area contributed by atoms with Crippen LogP contribution in [0, 0.1) is 11.3 Å². The number of nitrogens with zero attached hydrogens (tertiary/aromatic N) is 8. The lowest BCUT2D eigenvalue weighted by atomic mass is 9.90. The predicted octanol–water partition coefficient (Wildman–Crippen LogP) is 5.13. The summed E-state index contributed by atoms with van der Waals surface area (Å²) in [5.41, 5.74) is 2.91. The molecule has 6 rings (SSSR count). The molecule has 2 fully saturated rings. The van der Waals surface area contributed by atoms with E-state index in [0.717, 1.165) is 48.9 Å². The molecule has 1 aliphatic heterocycles. The van der Waals surface area contributed by atoms with Gasteiger partial charge in [0.15, 0.2) is 5.82 Å². The number of pyridine rings is 1. The topological polar surface area (TPSA) is 163 Å². The van der Waals surface area contributed by atoms with Gasteiger partial charge in [-0.3, -0.25) is 4.90 Å². The van der Waals surface area contributed by atoms with Crippen LogP contribution in [0.25, 0.3) is 11.1 Å². The molecule has 1 aromatic carbocycles. The van der Waals surface area contributed by atoms with Crippen LogP contribution in [0.3, 0.4) is 0 Å². The molecule has 13 heteroatoms. The fourth-order valence-electron chi connectivity index (χ4n) is 6.20. The number of nitrogens with one attached hydrogen (secondary N) is 1. The number of methoxy groups -OCH3 is 1. The monoisotopic (exact) mass is 649 g/mol. The minimum atomic E-state index is -0.453. The molecule has 1 amide bonds. The SMILES string of the molecule is COc1ncc(-c2ccc(N(C(=O)OCc3ccccc3)[C@H]3CC[C@H](Nc4ncc(C#N)c(N5CCCC(O)CC5)n4)CC3)nc2)cn1. The van der Waals surface area contributed by atoms with Crippen molar-refractivity contribution in [2.24, 2.45) is 0 Å². The van der Waals surface area contributed by atoms with E-state index in [9.17, 15) is 15.2 Å². The minimum Gasteiger partial charge on any atom is -0.467 e. The summed E-state index contributed by atoms with van der Waals surface area (Å²) in [6, 6.07) is 15.8. The van der Waals surface area contributed by atoms with Gasteiger partial charge in [-0.15, -0.1) is 0 Å². The predicted molar refractivity (Wildman–Crippen MR) is 179 cm³/mol. The van der Waals surface area contributed by atoms with Crippen molar-refractivity contribution in [3.63, 3.8) is 0 Å². The smallest absolute Gasteiger partial charge is 0.416 e. The molecule has 0 bridgehead atoms. The summed E-state index contributed by atoms with van der Waals surface area (Å²) >= 11 is 0. The van der Waals surface area contributed by atoms with Crippen molar-refractivity contribution in [3.8, 4) is 23.2 Å². The number of anilines is 3. The summed E-state index contributed by atoms with van der Waals surface area (Å²) in [6.07, 6.45) is 11.0. The zero-order chi connectivity index (χ0) is 33.3. The molecule has 4 aromatic rings. The average Bonchev–Trinajstić information content (AvgIpc) is 3.36. The number of hydrogen-bond acceptors (Lipinski definition) is 12. The number of amides is 1. The first-order valence-electron chi connectivity index (χ1n) is 16.3. The molecule has 248 valence electrons. The van der Waals surface area contributed by atoms with Crippen LogP contribution in [0.2, 0.25) is 0 Å². The number of carbonyl (C=O) groups is 1. The van der Waals surface area contributed by atoms with E-state index in [0.29, 0.717) is 49.0 Å². The second-order valence-corrected chi connectivity index (χ2v) is 12.0. The lowest BCUT2D eigenvalue weighted by molar-refractivity contribution is 0.142. The van der Waals surface area contributed by atoms with Crippen molar-refractivity contribution in [3.05, 3.63) is 78.4 Å². The van der Waals surface area contributed by atoms with E-state index >= 15 is 0 Å². The summed E-state index contributed by atoms with van der Waals surface area (Å²) in [5, 5.41) is 23.3. The molecule has 2 N–H and O–H groups in total. The van der Waals surface area contributed by atoms with Crippen LogP contribution < -0.4 is 19.9 Å². The van der Waals surface area contributed by atoms with Gasteiger partial charge >= 0.3 is 12.1 Å². The maximum absolute atomic E-state index is 13.7. The Morgan fingerprint density at radius 1 is 0.958 bits per heavy atom. The third kappa shape index (κ3) is 7.95. The normalized spacial score (nSPS) is 19.4. The Hall–Kier alpha value is -5.35. The van der Waals surface area contributed by atoms with Gasteiger partial charge < -0.3 is 24.8 Å². The first-order chi connectivity index (χ1) is 23.5. The summed E-state index contributed by atoms with van der Waals surface area (Å²) in [5.74, 6) is 1.57. The van der Waals surface area contributed by atoms with E-state index < -0.39 is 6.09 Å². The largest absolute Gasteiger partial charge is 0.467 e. The third-order valence-corrected chi connectivity index (χ3v) is 8.82. The van der Waals surface area contributed by atoms with E-state index in [1.807, 2.05) is 42.5 Å². The number of aromatic nitrogens is 5. The van der Waals surface area contributed by atoms with Gasteiger partial charge in [0.2, 0.25) is 5.95 Å². The van der Waals surface area contributed by atoms with Crippen molar-refractivity contribution in [1.29, 1.82) is 5.26 Å². The van der Waals surface area contributed by atoms with Gasteiger partial charge in [-0.25, -0.2) is 24.7 Å². The zero-order valence-corrected chi connectivity index (χ0v) is 26.9. The van der Waals surface area contributed by atoms with Crippen LogP contribution in [-0.4, -0.2) is 74.5 Å². The molecule has 1 unspecified atom stereocenters. The molecule has 1 saturated carbocycles. The highest BCUT2D eigenvalue weighted by Crippen LogP contribution is 2.31.